The van der Waals surface area contributed by atoms with Crippen LogP contribution in [0, 0.1) is 0 Å². The summed E-state index contributed by atoms with van der Waals surface area (Å²) < 4.78 is 38.1. The van der Waals surface area contributed by atoms with E-state index < -0.39 is 66.7 Å². The maximum atomic E-state index is 14.2. The van der Waals surface area contributed by atoms with Gasteiger partial charge in [0.2, 0.25) is 0 Å². The van der Waals surface area contributed by atoms with Crippen molar-refractivity contribution >= 4 is 24.5 Å². The van der Waals surface area contributed by atoms with Gasteiger partial charge in [-0.2, -0.15) is 5.09 Å². The van der Waals surface area contributed by atoms with Crippen LogP contribution in [0.3, 0.4) is 0 Å². The largest absolute Gasteiger partial charge is 0.462 e. The molecular weight excluding hydrogens is 557 g/mol. The van der Waals surface area contributed by atoms with Crippen molar-refractivity contribution in [1.29, 1.82) is 0 Å². The third-order valence-corrected chi connectivity index (χ3v) is 9.03. The third-order valence-electron chi connectivity index (χ3n) is 7.42. The molecule has 2 aromatic carbocycles. The van der Waals surface area contributed by atoms with E-state index in [0.29, 0.717) is 5.39 Å². The first-order valence-electron chi connectivity index (χ1n) is 13.0. The van der Waals surface area contributed by atoms with Crippen molar-refractivity contribution in [3.63, 3.8) is 0 Å². The van der Waals surface area contributed by atoms with Crippen molar-refractivity contribution in [2.75, 3.05) is 6.61 Å². The Labute approximate surface area is 234 Å². The van der Waals surface area contributed by atoms with Crippen LogP contribution in [-0.4, -0.2) is 61.3 Å². The van der Waals surface area contributed by atoms with Crippen molar-refractivity contribution in [2.24, 2.45) is 0 Å². The highest BCUT2D eigenvalue weighted by Crippen LogP contribution is 2.68. The first-order chi connectivity index (χ1) is 19.2. The maximum absolute atomic E-state index is 14.2. The molecule has 3 aromatic rings. The van der Waals surface area contributed by atoms with Crippen molar-refractivity contribution in [1.82, 2.24) is 14.6 Å². The van der Waals surface area contributed by atoms with E-state index in [4.69, 9.17) is 18.5 Å². The van der Waals surface area contributed by atoms with Crippen LogP contribution in [0.25, 0.3) is 10.8 Å². The summed E-state index contributed by atoms with van der Waals surface area (Å²) in [6, 6.07) is 12.4. The van der Waals surface area contributed by atoms with Crippen LogP contribution in [-0.2, 0) is 23.4 Å². The fraction of sp³-hybridized carbons (Fsp3) is 0.444. The van der Waals surface area contributed by atoms with Crippen molar-refractivity contribution in [2.45, 2.75) is 69.3 Å². The molecule has 0 spiro atoms. The number of fused-ring (bicyclic) bond motifs is 2. The van der Waals surface area contributed by atoms with E-state index in [0.717, 1.165) is 22.2 Å². The minimum absolute atomic E-state index is 0.110. The van der Waals surface area contributed by atoms with Gasteiger partial charge in [0.15, 0.2) is 6.23 Å². The number of benzene rings is 2. The Bertz CT molecular complexity index is 1650. The molecule has 13 nitrogen and oxygen atoms in total. The molecule has 1 aliphatic carbocycles. The lowest BCUT2D eigenvalue weighted by Crippen LogP contribution is -2.49. The monoisotopic (exact) mass is 589 g/mol. The summed E-state index contributed by atoms with van der Waals surface area (Å²) >= 11 is 0. The number of hydrogen-bond donors (Lipinski definition) is 4. The van der Waals surface area contributed by atoms with Gasteiger partial charge in [0.05, 0.1) is 12.7 Å². The molecule has 2 heterocycles. The zero-order valence-electron chi connectivity index (χ0n) is 22.9. The summed E-state index contributed by atoms with van der Waals surface area (Å²) in [6.07, 6.45) is -0.795. The number of nitrogens with zero attached hydrogens (tertiary/aromatic N) is 1. The zero-order chi connectivity index (χ0) is 29.8. The second-order valence-corrected chi connectivity index (χ2v) is 12.5. The van der Waals surface area contributed by atoms with E-state index in [1.165, 1.54) is 13.8 Å². The minimum Gasteiger partial charge on any atom is -0.462 e. The molecule has 4 N–H and O–H groups in total. The average molecular weight is 590 g/mol. The van der Waals surface area contributed by atoms with E-state index in [9.17, 15) is 29.2 Å². The van der Waals surface area contributed by atoms with Crippen molar-refractivity contribution in [3.8, 4) is 5.75 Å². The van der Waals surface area contributed by atoms with Crippen LogP contribution in [0.5, 0.6) is 5.75 Å². The molecule has 1 aliphatic heterocycles. The number of rotatable bonds is 10. The molecule has 0 amide bonds. The normalized spacial score (nSPS) is 29.1. The predicted octanol–water partition coefficient (Wildman–Crippen LogP) is 1.98. The molecular formula is C27H32N3O10P. The molecule has 2 unspecified atom stereocenters. The van der Waals surface area contributed by atoms with Gasteiger partial charge in [-0.1, -0.05) is 36.4 Å². The number of aromatic nitrogens is 2. The smallest absolute Gasteiger partial charge is 0.459 e. The van der Waals surface area contributed by atoms with E-state index >= 15 is 0 Å². The van der Waals surface area contributed by atoms with Crippen LogP contribution >= 0.6 is 7.75 Å². The Morgan fingerprint density at radius 1 is 1.17 bits per heavy atom. The van der Waals surface area contributed by atoms with Gasteiger partial charge in [0.25, 0.3) is 5.56 Å². The molecule has 0 radical (unpaired) electrons. The lowest BCUT2D eigenvalue weighted by atomic mass is 9.94. The fourth-order valence-electron chi connectivity index (χ4n) is 5.13. The van der Waals surface area contributed by atoms with Crippen LogP contribution in [0.15, 0.2) is 64.3 Å². The second kappa shape index (κ2) is 10.2. The Morgan fingerprint density at radius 2 is 1.88 bits per heavy atom. The van der Waals surface area contributed by atoms with Crippen LogP contribution in [0.2, 0.25) is 0 Å². The van der Waals surface area contributed by atoms with E-state index in [2.05, 4.69) is 10.1 Å². The average Bonchev–Trinajstić information content (AvgIpc) is 3.47. The van der Waals surface area contributed by atoms with Crippen LogP contribution in [0.1, 0.15) is 40.3 Å². The molecule has 1 saturated carbocycles. The van der Waals surface area contributed by atoms with Gasteiger partial charge < -0.3 is 24.2 Å². The Kier molecular flexibility index (Phi) is 7.26. The number of nitrogens with one attached hydrogen (secondary N) is 2. The molecule has 1 saturated heterocycles. The molecule has 5 rings (SSSR count). The van der Waals surface area contributed by atoms with Crippen molar-refractivity contribution < 1.29 is 38.1 Å². The summed E-state index contributed by atoms with van der Waals surface area (Å²) in [4.78, 5) is 38.6. The van der Waals surface area contributed by atoms with Gasteiger partial charge >= 0.3 is 19.4 Å². The number of H-pyrrole nitrogens is 1. The summed E-state index contributed by atoms with van der Waals surface area (Å²) in [7, 11) is -4.39. The van der Waals surface area contributed by atoms with E-state index in [1.54, 1.807) is 38.1 Å². The highest BCUT2D eigenvalue weighted by atomic mass is 31.2. The topological polar surface area (TPSA) is 178 Å². The standard InChI is InChI=1S/C27H32N3O10P/c1-16(2)38-22(32)17(3)29-41(36,40-20-11-7-9-18-8-5-6-10-19(18)20)37-15-26-14-27(26,35)25(4,34)23(39-26)30-13-12-21(31)28-24(30)33/h5-13,16-17,23,34-35H,14-15H2,1-4H3,(H,29,36)(H,28,31,33)/t17?,23-,25+,26-,27+,41?/m1/s1. The Hall–Kier alpha value is -3.32. The number of ether oxygens (including phenoxy) is 2. The first kappa shape index (κ1) is 29.2. The highest BCUT2D eigenvalue weighted by molar-refractivity contribution is 7.52. The van der Waals surface area contributed by atoms with Gasteiger partial charge in [0, 0.05) is 24.1 Å². The summed E-state index contributed by atoms with van der Waals surface area (Å²) in [5, 5.41) is 26.7. The van der Waals surface area contributed by atoms with Gasteiger partial charge in [-0.15, -0.1) is 0 Å². The quantitative estimate of drug-likeness (QED) is 0.201. The van der Waals surface area contributed by atoms with Gasteiger partial charge in [-0.25, -0.2) is 9.36 Å². The molecule has 220 valence electrons. The lowest BCUT2D eigenvalue weighted by Gasteiger charge is -2.31. The third kappa shape index (κ3) is 5.14. The summed E-state index contributed by atoms with van der Waals surface area (Å²) in [5.41, 5.74) is -6.98. The molecule has 14 heteroatoms. The zero-order valence-corrected chi connectivity index (χ0v) is 23.8. The molecule has 0 bridgehead atoms. The number of carbonyl (C=O) groups is 1. The number of esters is 1. The van der Waals surface area contributed by atoms with Crippen molar-refractivity contribution in [3.05, 3.63) is 75.6 Å². The van der Waals surface area contributed by atoms with E-state index in [-0.39, 0.29) is 12.2 Å². The summed E-state index contributed by atoms with van der Waals surface area (Å²) in [5.74, 6) is -0.479. The molecule has 6 atom stereocenters. The molecule has 2 aliphatic rings. The molecule has 41 heavy (non-hydrogen) atoms. The first-order valence-corrected chi connectivity index (χ1v) is 14.6. The van der Waals surface area contributed by atoms with Crippen LogP contribution in [0.4, 0.5) is 0 Å². The number of aromatic amines is 1. The number of hydrogen-bond acceptors (Lipinski definition) is 10. The fourth-order valence-corrected chi connectivity index (χ4v) is 6.69. The van der Waals surface area contributed by atoms with Gasteiger partial charge in [-0.3, -0.25) is 23.7 Å². The Balaban J connectivity index is 1.44. The van der Waals surface area contributed by atoms with Gasteiger partial charge in [-0.05, 0) is 39.1 Å². The molecule has 2 fully saturated rings. The highest BCUT2D eigenvalue weighted by Gasteiger charge is 2.84. The van der Waals surface area contributed by atoms with Gasteiger partial charge in [0.1, 0.15) is 28.6 Å². The summed E-state index contributed by atoms with van der Waals surface area (Å²) in [6.45, 7) is 5.53. The maximum Gasteiger partial charge on any atom is 0.459 e. The SMILES string of the molecule is CC(C)OC(=O)C(C)NP(=O)(OC[C@]12C[C@]1(O)[C@@](C)(O)[C@H](n1ccc(=O)[nH]c1=O)O2)Oc1cccc2ccccc12. The minimum atomic E-state index is -4.39. The van der Waals surface area contributed by atoms with Crippen LogP contribution < -0.4 is 20.9 Å². The lowest BCUT2D eigenvalue weighted by molar-refractivity contribution is -0.149. The molecule has 1 aromatic heterocycles. The predicted molar refractivity (Wildman–Crippen MR) is 146 cm³/mol. The second-order valence-electron chi connectivity index (χ2n) is 10.8. The van der Waals surface area contributed by atoms with E-state index in [1.807, 2.05) is 18.2 Å². The Morgan fingerprint density at radius 3 is 2.59 bits per heavy atom. The number of carbonyl (C=O) groups excluding carboxylic acids is 1. The number of aliphatic hydroxyl groups is 2.